The van der Waals surface area contributed by atoms with Crippen molar-refractivity contribution >= 4 is 33.2 Å². The second kappa shape index (κ2) is 7.25. The minimum atomic E-state index is -3.64. The molecular formula is C18H20Cl2N2O2S. The van der Waals surface area contributed by atoms with Crippen LogP contribution in [-0.4, -0.2) is 48.3 Å². The Kier molecular flexibility index (Phi) is 5.42. The minimum absolute atomic E-state index is 0.167. The van der Waals surface area contributed by atoms with Crippen molar-refractivity contribution in [2.45, 2.75) is 21.8 Å². The maximum atomic E-state index is 13.0. The summed E-state index contributed by atoms with van der Waals surface area (Å²) in [6, 6.07) is 18.1. The molecule has 0 aliphatic carbocycles. The van der Waals surface area contributed by atoms with E-state index >= 15 is 0 Å². The van der Waals surface area contributed by atoms with Gasteiger partial charge in [0.15, 0.2) is 0 Å². The van der Waals surface area contributed by atoms with E-state index in [0.29, 0.717) is 6.42 Å². The number of nitrogens with zero attached hydrogens (tertiary/aromatic N) is 2. The lowest BCUT2D eigenvalue weighted by atomic mass is 10.0. The summed E-state index contributed by atoms with van der Waals surface area (Å²) in [5.74, 6) is 0. The van der Waals surface area contributed by atoms with Gasteiger partial charge in [0.2, 0.25) is 10.0 Å². The highest BCUT2D eigenvalue weighted by molar-refractivity contribution is 7.89. The van der Waals surface area contributed by atoms with Crippen molar-refractivity contribution in [3.8, 4) is 0 Å². The van der Waals surface area contributed by atoms with E-state index in [1.54, 1.807) is 30.3 Å². The number of hydrogen-bond donors (Lipinski definition) is 0. The fraction of sp³-hybridized carbons (Fsp3) is 0.333. The van der Waals surface area contributed by atoms with Gasteiger partial charge in [0.25, 0.3) is 0 Å². The molecule has 1 heterocycles. The molecule has 1 saturated heterocycles. The van der Waals surface area contributed by atoms with Gasteiger partial charge in [0.1, 0.15) is 10.5 Å². The average molecular weight is 399 g/mol. The first-order chi connectivity index (χ1) is 11.8. The van der Waals surface area contributed by atoms with E-state index in [2.05, 4.69) is 0 Å². The highest BCUT2D eigenvalue weighted by Crippen LogP contribution is 2.35. The van der Waals surface area contributed by atoms with Gasteiger partial charge in [-0.1, -0.05) is 48.5 Å². The van der Waals surface area contributed by atoms with Crippen LogP contribution in [0.3, 0.4) is 0 Å². The molecule has 2 aromatic carbocycles. The highest BCUT2D eigenvalue weighted by atomic mass is 35.5. The molecule has 134 valence electrons. The second-order valence-corrected chi connectivity index (χ2v) is 9.38. The lowest BCUT2D eigenvalue weighted by molar-refractivity contribution is 0.0953. The Bertz CT molecular complexity index is 817. The molecule has 0 unspecified atom stereocenters. The van der Waals surface area contributed by atoms with Crippen LogP contribution in [0, 0.1) is 0 Å². The van der Waals surface area contributed by atoms with Crippen LogP contribution in [-0.2, 0) is 16.4 Å². The van der Waals surface area contributed by atoms with Crippen molar-refractivity contribution in [1.29, 1.82) is 0 Å². The van der Waals surface area contributed by atoms with Gasteiger partial charge < -0.3 is 0 Å². The van der Waals surface area contributed by atoms with Crippen molar-refractivity contribution in [3.05, 3.63) is 66.2 Å². The van der Waals surface area contributed by atoms with Crippen molar-refractivity contribution in [2.24, 2.45) is 0 Å². The summed E-state index contributed by atoms with van der Waals surface area (Å²) in [6.45, 7) is 0.360. The fourth-order valence-electron chi connectivity index (χ4n) is 3.00. The lowest BCUT2D eigenvalue weighted by Gasteiger charge is -2.47. The van der Waals surface area contributed by atoms with Crippen LogP contribution < -0.4 is 0 Å². The largest absolute Gasteiger partial charge is 0.269 e. The average Bonchev–Trinajstić information content (AvgIpc) is 2.61. The Morgan fingerprint density at radius 2 is 1.64 bits per heavy atom. The van der Waals surface area contributed by atoms with Gasteiger partial charge in [-0.2, -0.15) is 4.31 Å². The maximum absolute atomic E-state index is 13.0. The van der Waals surface area contributed by atoms with Crippen LogP contribution in [0.1, 0.15) is 5.56 Å². The maximum Gasteiger partial charge on any atom is 0.243 e. The molecule has 0 bridgehead atoms. The molecule has 0 spiro atoms. The molecule has 0 saturated carbocycles. The second-order valence-electron chi connectivity index (χ2n) is 6.24. The zero-order chi connectivity index (χ0) is 18.1. The zero-order valence-corrected chi connectivity index (χ0v) is 16.2. The molecule has 2 atom stereocenters. The number of benzene rings is 2. The third-order valence-corrected chi connectivity index (χ3v) is 7.30. The fourth-order valence-corrected chi connectivity index (χ4v) is 5.49. The number of alkyl halides is 2. The minimum Gasteiger partial charge on any atom is -0.269 e. The molecule has 7 heteroatoms. The smallest absolute Gasteiger partial charge is 0.243 e. The van der Waals surface area contributed by atoms with E-state index < -0.39 is 20.5 Å². The molecule has 1 fully saturated rings. The van der Waals surface area contributed by atoms with Gasteiger partial charge >= 0.3 is 0 Å². The van der Waals surface area contributed by atoms with Crippen LogP contribution in [0.4, 0.5) is 0 Å². The van der Waals surface area contributed by atoms with E-state index in [-0.39, 0.29) is 18.0 Å². The summed E-state index contributed by atoms with van der Waals surface area (Å²) >= 11 is 13.3. The number of likely N-dealkylation sites (N-methyl/N-ethyl adjacent to an activating group) is 1. The summed E-state index contributed by atoms with van der Waals surface area (Å²) in [7, 11) is -1.81. The highest BCUT2D eigenvalue weighted by Gasteiger charge is 2.46. The first kappa shape index (κ1) is 18.7. The van der Waals surface area contributed by atoms with Crippen molar-refractivity contribution in [2.75, 3.05) is 20.1 Å². The van der Waals surface area contributed by atoms with Crippen LogP contribution in [0.5, 0.6) is 0 Å². The summed E-state index contributed by atoms with van der Waals surface area (Å²) in [4.78, 5) is 1.19. The predicted octanol–water partition coefficient (Wildman–Crippen LogP) is 3.37. The monoisotopic (exact) mass is 398 g/mol. The molecular weight excluding hydrogens is 379 g/mol. The van der Waals surface area contributed by atoms with Crippen molar-refractivity contribution in [3.63, 3.8) is 0 Å². The number of piperazine rings is 1. The predicted molar refractivity (Wildman–Crippen MR) is 101 cm³/mol. The molecule has 1 aliphatic rings. The number of rotatable bonds is 4. The topological polar surface area (TPSA) is 40.6 Å². The number of sulfonamides is 1. The lowest BCUT2D eigenvalue weighted by Crippen LogP contribution is -2.62. The molecule has 0 amide bonds. The molecule has 2 aromatic rings. The summed E-state index contributed by atoms with van der Waals surface area (Å²) in [5, 5.41) is 0. The van der Waals surface area contributed by atoms with E-state index in [4.69, 9.17) is 23.2 Å². The quantitative estimate of drug-likeness (QED) is 0.585. The van der Waals surface area contributed by atoms with Gasteiger partial charge in [-0.3, -0.25) is 4.90 Å². The van der Waals surface area contributed by atoms with Crippen LogP contribution in [0.2, 0.25) is 0 Å². The Morgan fingerprint density at radius 3 is 2.24 bits per heavy atom. The van der Waals surface area contributed by atoms with Gasteiger partial charge in [-0.25, -0.2) is 8.42 Å². The molecule has 4 nitrogen and oxygen atoms in total. The number of halogens is 2. The third kappa shape index (κ3) is 3.86. The van der Waals surface area contributed by atoms with Crippen molar-refractivity contribution < 1.29 is 8.42 Å². The molecule has 0 radical (unpaired) electrons. The molecule has 0 N–H and O–H groups in total. The Morgan fingerprint density at radius 1 is 1.08 bits per heavy atom. The van der Waals surface area contributed by atoms with E-state index in [0.717, 1.165) is 5.56 Å². The van der Waals surface area contributed by atoms with Gasteiger partial charge in [-0.15, -0.1) is 23.2 Å². The summed E-state index contributed by atoms with van der Waals surface area (Å²) < 4.78 is 27.3. The molecule has 1 aliphatic heterocycles. The first-order valence-electron chi connectivity index (χ1n) is 7.98. The first-order valence-corrected chi connectivity index (χ1v) is 10.2. The Labute approximate surface area is 159 Å². The zero-order valence-electron chi connectivity index (χ0n) is 13.8. The summed E-state index contributed by atoms with van der Waals surface area (Å²) in [6.07, 6.45) is 0.496. The SMILES string of the molecule is CN1[C@@H](Cl)CN(S(=O)(=O)c2ccccc2)C[C@]1(Cl)Cc1ccccc1. The van der Waals surface area contributed by atoms with Crippen LogP contribution in [0.15, 0.2) is 65.6 Å². The van der Waals surface area contributed by atoms with Gasteiger partial charge in [0, 0.05) is 19.5 Å². The van der Waals surface area contributed by atoms with E-state index in [1.807, 2.05) is 42.3 Å². The normalized spacial score (nSPS) is 25.8. The van der Waals surface area contributed by atoms with E-state index in [9.17, 15) is 8.42 Å². The molecule has 3 rings (SSSR count). The van der Waals surface area contributed by atoms with Crippen molar-refractivity contribution in [1.82, 2.24) is 9.21 Å². The third-order valence-electron chi connectivity index (χ3n) is 4.52. The van der Waals surface area contributed by atoms with Crippen LogP contribution >= 0.6 is 23.2 Å². The molecule has 25 heavy (non-hydrogen) atoms. The standard InChI is InChI=1S/C18H20Cl2N2O2S/c1-21-17(19)13-22(25(23,24)16-10-6-3-7-11-16)14-18(21,20)12-15-8-4-2-5-9-15/h2-11,17H,12-14H2,1H3/t17-,18+/m1/s1. The van der Waals surface area contributed by atoms with Gasteiger partial charge in [0.05, 0.1) is 4.90 Å². The van der Waals surface area contributed by atoms with Gasteiger partial charge in [-0.05, 0) is 24.7 Å². The Hall–Kier alpha value is -1.11. The summed E-state index contributed by atoms with van der Waals surface area (Å²) in [5.41, 5.74) is 0.528. The van der Waals surface area contributed by atoms with E-state index in [1.165, 1.54) is 4.31 Å². The van der Waals surface area contributed by atoms with Crippen LogP contribution in [0.25, 0.3) is 0 Å². The molecule has 0 aromatic heterocycles. The Balaban J connectivity index is 1.91. The number of hydrogen-bond acceptors (Lipinski definition) is 3.